The first-order valence-corrected chi connectivity index (χ1v) is 13.4. The van der Waals surface area contributed by atoms with Crippen molar-refractivity contribution in [1.82, 2.24) is 0 Å². The monoisotopic (exact) mass is 428 g/mol. The number of alkyl halides is 1. The average molecular weight is 429 g/mol. The van der Waals surface area contributed by atoms with E-state index in [9.17, 15) is 0 Å². The molecule has 0 radical (unpaired) electrons. The van der Waals surface area contributed by atoms with Gasteiger partial charge in [0.15, 0.2) is 0 Å². The second kappa shape index (κ2) is 25.1. The van der Waals surface area contributed by atoms with Crippen LogP contribution in [-0.4, -0.2) is 22.0 Å². The molecular weight excluding hydrogens is 395 g/mol. The largest absolute Gasteiger partial charge is 1.00 e. The van der Waals surface area contributed by atoms with Gasteiger partial charge in [0.05, 0.1) is 6.07 Å². The summed E-state index contributed by atoms with van der Waals surface area (Å²) in [6, 6.07) is 4.23. The van der Waals surface area contributed by atoms with E-state index in [1.807, 2.05) is 34.2 Å². The molecular formula is C21H34ClN2NaSi2. The molecule has 0 bridgehead atoms. The van der Waals surface area contributed by atoms with Crippen molar-refractivity contribution in [1.29, 1.82) is 10.5 Å². The molecule has 0 aromatic rings. The SMILES string of the molecule is C.C=C[Si](C=C)(C=C)CCCC#N.C=C[Si](C=C)(C=C)CCCCl.[C-]#N.[Na+]. The molecule has 0 aliphatic carbocycles. The Morgan fingerprint density at radius 3 is 1.30 bits per heavy atom. The average Bonchev–Trinajstić information content (AvgIpc) is 2.69. The van der Waals surface area contributed by atoms with Gasteiger partial charge in [-0.1, -0.05) is 41.6 Å². The van der Waals surface area contributed by atoms with Crippen LogP contribution < -0.4 is 29.6 Å². The molecule has 0 saturated carbocycles. The minimum absolute atomic E-state index is 0. The number of rotatable bonds is 12. The van der Waals surface area contributed by atoms with Crippen LogP contribution in [0.15, 0.2) is 73.7 Å². The minimum atomic E-state index is -1.61. The molecule has 0 unspecified atom stereocenters. The fourth-order valence-corrected chi connectivity index (χ4v) is 6.12. The zero-order valence-electron chi connectivity index (χ0n) is 16.2. The van der Waals surface area contributed by atoms with Gasteiger partial charge in [-0.25, -0.2) is 0 Å². The zero-order valence-corrected chi connectivity index (χ0v) is 21.0. The van der Waals surface area contributed by atoms with Crippen LogP contribution in [0.1, 0.15) is 26.7 Å². The quantitative estimate of drug-likeness (QED) is 0.205. The van der Waals surface area contributed by atoms with E-state index in [2.05, 4.69) is 45.5 Å². The first-order valence-electron chi connectivity index (χ1n) is 7.96. The van der Waals surface area contributed by atoms with Crippen molar-refractivity contribution < 1.29 is 29.6 Å². The molecule has 0 saturated heterocycles. The molecule has 0 N–H and O–H groups in total. The van der Waals surface area contributed by atoms with E-state index in [4.69, 9.17) is 28.7 Å². The van der Waals surface area contributed by atoms with Crippen LogP contribution in [0, 0.1) is 23.2 Å². The van der Waals surface area contributed by atoms with Gasteiger partial charge >= 0.3 is 29.6 Å². The minimum Gasteiger partial charge on any atom is -0.512 e. The van der Waals surface area contributed by atoms with Crippen LogP contribution in [-0.2, 0) is 0 Å². The molecule has 0 spiro atoms. The van der Waals surface area contributed by atoms with Crippen LogP contribution in [0.3, 0.4) is 0 Å². The predicted octanol–water partition coefficient (Wildman–Crippen LogP) is 3.89. The molecule has 2 nitrogen and oxygen atoms in total. The Morgan fingerprint density at radius 1 is 0.778 bits per heavy atom. The molecule has 0 fully saturated rings. The Labute approximate surface area is 197 Å². The third kappa shape index (κ3) is 17.0. The summed E-state index contributed by atoms with van der Waals surface area (Å²) in [5.74, 6) is 0.713. The van der Waals surface area contributed by atoms with Gasteiger partial charge in [-0.3, -0.25) is 0 Å². The van der Waals surface area contributed by atoms with Crippen LogP contribution in [0.25, 0.3) is 0 Å². The van der Waals surface area contributed by atoms with E-state index in [1.165, 1.54) is 0 Å². The third-order valence-electron chi connectivity index (χ3n) is 3.92. The molecule has 0 aromatic carbocycles. The van der Waals surface area contributed by atoms with Crippen molar-refractivity contribution in [3.05, 3.63) is 80.2 Å². The standard InChI is InChI=1S/C10H15NSi.C9H15ClSi.CN.CH4.Na/c1-4-12(5-2,6-3)10-8-7-9-11;1-4-11(5-2,6-3)9-7-8-10;1-2;;/h4-6H,1-3,7-8,10H2;4-6H,1-3,7-9H2;;1H4;/q;;-1;;+1. The van der Waals surface area contributed by atoms with E-state index in [-0.39, 0.29) is 37.0 Å². The maximum atomic E-state index is 8.37. The van der Waals surface area contributed by atoms with Gasteiger partial charge in [0.25, 0.3) is 0 Å². The Kier molecular flexibility index (Phi) is 34.4. The molecule has 0 rings (SSSR count). The maximum absolute atomic E-state index is 8.37. The third-order valence-corrected chi connectivity index (χ3v) is 11.2. The van der Waals surface area contributed by atoms with Crippen LogP contribution >= 0.6 is 11.6 Å². The van der Waals surface area contributed by atoms with Gasteiger partial charge in [0.1, 0.15) is 16.1 Å². The van der Waals surface area contributed by atoms with E-state index >= 15 is 0 Å². The van der Waals surface area contributed by atoms with Gasteiger partial charge in [0, 0.05) is 12.3 Å². The summed E-state index contributed by atoms with van der Waals surface area (Å²) in [6.45, 7) is 27.5. The second-order valence-corrected chi connectivity index (χ2v) is 13.5. The van der Waals surface area contributed by atoms with E-state index < -0.39 is 16.1 Å². The molecule has 0 aromatic heterocycles. The summed E-state index contributed by atoms with van der Waals surface area (Å²) < 4.78 is 0. The van der Waals surface area contributed by atoms with Gasteiger partial charge in [0.2, 0.25) is 0 Å². The number of hydrogen-bond acceptors (Lipinski definition) is 2. The van der Waals surface area contributed by atoms with Crippen molar-refractivity contribution in [2.75, 3.05) is 5.88 Å². The maximum Gasteiger partial charge on any atom is 1.00 e. The smallest absolute Gasteiger partial charge is 0.512 e. The van der Waals surface area contributed by atoms with Crippen LogP contribution in [0.5, 0.6) is 0 Å². The molecule has 0 amide bonds. The Morgan fingerprint density at radius 2 is 1.07 bits per heavy atom. The van der Waals surface area contributed by atoms with Crippen molar-refractivity contribution in [2.24, 2.45) is 0 Å². The summed E-state index contributed by atoms with van der Waals surface area (Å²) >= 11 is 5.60. The van der Waals surface area contributed by atoms with E-state index in [0.717, 1.165) is 24.9 Å². The molecule has 144 valence electrons. The first-order chi connectivity index (χ1) is 12.0. The van der Waals surface area contributed by atoms with Crippen LogP contribution in [0.2, 0.25) is 12.1 Å². The summed E-state index contributed by atoms with van der Waals surface area (Å²) in [6.07, 6.45) is 2.56. The number of hydrogen-bond donors (Lipinski definition) is 0. The molecule has 27 heavy (non-hydrogen) atoms. The Balaban J connectivity index is -0.000000103. The first kappa shape index (κ1) is 37.0. The fourth-order valence-electron chi connectivity index (χ4n) is 1.96. The number of nitrogens with zero attached hydrogens (tertiary/aromatic N) is 2. The molecule has 0 heterocycles. The normalized spacial score (nSPS) is 8.81. The van der Waals surface area contributed by atoms with Crippen molar-refractivity contribution >= 4 is 27.7 Å². The summed E-state index contributed by atoms with van der Waals surface area (Å²) in [4.78, 5) is 0. The van der Waals surface area contributed by atoms with E-state index in [1.54, 1.807) is 0 Å². The van der Waals surface area contributed by atoms with Gasteiger partial charge in [-0.2, -0.15) is 5.26 Å². The summed E-state index contributed by atoms with van der Waals surface area (Å²) in [7, 11) is -3.15. The zero-order chi connectivity index (χ0) is 20.2. The number of unbranched alkanes of at least 4 members (excludes halogenated alkanes) is 1. The summed E-state index contributed by atoms with van der Waals surface area (Å²) in [5, 5.41) is 14.6. The topological polar surface area (TPSA) is 47.6 Å². The van der Waals surface area contributed by atoms with E-state index in [0.29, 0.717) is 12.3 Å². The number of nitriles is 1. The van der Waals surface area contributed by atoms with Crippen molar-refractivity contribution in [3.8, 4) is 6.07 Å². The van der Waals surface area contributed by atoms with Gasteiger partial charge < -0.3 is 11.8 Å². The van der Waals surface area contributed by atoms with Crippen molar-refractivity contribution in [3.63, 3.8) is 0 Å². The Bertz CT molecular complexity index is 453. The molecule has 6 heteroatoms. The van der Waals surface area contributed by atoms with Crippen LogP contribution in [0.4, 0.5) is 0 Å². The number of halogens is 1. The Hall–Kier alpha value is -0.856. The van der Waals surface area contributed by atoms with Gasteiger partial charge in [-0.05, 0) is 24.9 Å². The molecule has 0 aliphatic heterocycles. The molecule has 0 atom stereocenters. The fraction of sp³-hybridized carbons (Fsp3) is 0.333. The molecule has 0 aliphatic rings. The summed E-state index contributed by atoms with van der Waals surface area (Å²) in [5.41, 5.74) is 11.9. The van der Waals surface area contributed by atoms with Crippen molar-refractivity contribution in [2.45, 2.75) is 38.8 Å². The van der Waals surface area contributed by atoms with Gasteiger partial charge in [-0.15, -0.1) is 51.1 Å². The predicted molar refractivity (Wildman–Crippen MR) is 124 cm³/mol. The second-order valence-electron chi connectivity index (χ2n) is 5.25.